The maximum absolute atomic E-state index is 11.1. The fourth-order valence-electron chi connectivity index (χ4n) is 1.08. The largest absolute Gasteiger partial charge is 0.465 e. The monoisotopic (exact) mass is 191 g/mol. The Hall–Kier alpha value is -1.89. The Morgan fingerprint density at radius 1 is 1.71 bits per heavy atom. The molecule has 1 aromatic heterocycles. The highest BCUT2D eigenvalue weighted by molar-refractivity contribution is 5.88. The average molecular weight is 191 g/mol. The number of carbonyl (C=O) groups excluding carboxylic acids is 1. The van der Waals surface area contributed by atoms with E-state index in [2.05, 4.69) is 4.74 Å². The molecule has 1 rings (SSSR count). The number of nitrogens with zero attached hydrogens (tertiary/aromatic N) is 2. The minimum Gasteiger partial charge on any atom is -0.465 e. The second kappa shape index (κ2) is 4.97. The summed E-state index contributed by atoms with van der Waals surface area (Å²) in [6, 6.07) is 5.47. The summed E-state index contributed by atoms with van der Waals surface area (Å²) in [7, 11) is 1.34. The van der Waals surface area contributed by atoms with Crippen LogP contribution >= 0.6 is 0 Å². The third-order valence-corrected chi connectivity index (χ3v) is 1.76. The number of hydrogen-bond acceptors (Lipinski definition) is 3. The van der Waals surface area contributed by atoms with Crippen LogP contribution in [0.2, 0.25) is 0 Å². The highest BCUT2D eigenvalue weighted by Crippen LogP contribution is 1.96. The van der Waals surface area contributed by atoms with Gasteiger partial charge in [0.15, 0.2) is 18.9 Å². The lowest BCUT2D eigenvalue weighted by Gasteiger charge is -1.97. The molecule has 0 aliphatic carbocycles. The summed E-state index contributed by atoms with van der Waals surface area (Å²) in [4.78, 5) is 11.1. The van der Waals surface area contributed by atoms with Gasteiger partial charge in [-0.3, -0.25) is 0 Å². The lowest BCUT2D eigenvalue weighted by atomic mass is 10.3. The molecule has 0 amide bonds. The van der Waals surface area contributed by atoms with Gasteiger partial charge in [-0.25, -0.2) is 9.36 Å². The molecule has 72 valence electrons. The minimum absolute atomic E-state index is 0.365. The smallest absolute Gasteiger partial charge is 0.343 e. The minimum atomic E-state index is -0.365. The number of carbonyl (C=O) groups is 1. The molecule has 0 fully saturated rings. The van der Waals surface area contributed by atoms with E-state index in [1.165, 1.54) is 7.11 Å². The number of rotatable bonds is 3. The number of nitriles is 1. The van der Waals surface area contributed by atoms with E-state index in [4.69, 9.17) is 5.26 Å². The summed E-state index contributed by atoms with van der Waals surface area (Å²) in [6.07, 6.45) is 3.91. The van der Waals surface area contributed by atoms with E-state index >= 15 is 0 Å². The molecular weight excluding hydrogens is 180 g/mol. The Kier molecular flexibility index (Phi) is 3.62. The molecule has 1 heterocycles. The number of pyridine rings is 1. The molecule has 14 heavy (non-hydrogen) atoms. The summed E-state index contributed by atoms with van der Waals surface area (Å²) < 4.78 is 6.37. The third kappa shape index (κ3) is 2.56. The zero-order valence-corrected chi connectivity index (χ0v) is 7.93. The summed E-state index contributed by atoms with van der Waals surface area (Å²) in [5, 5.41) is 8.40. The van der Waals surface area contributed by atoms with Gasteiger partial charge in [0, 0.05) is 6.07 Å². The van der Waals surface area contributed by atoms with E-state index in [9.17, 15) is 4.79 Å². The zero-order valence-electron chi connectivity index (χ0n) is 7.93. The maximum atomic E-state index is 11.1. The predicted octanol–water partition coefficient (Wildman–Crippen LogP) is 0.674. The van der Waals surface area contributed by atoms with E-state index in [1.807, 2.05) is 12.3 Å². The van der Waals surface area contributed by atoms with Gasteiger partial charge in [0.05, 0.1) is 19.6 Å². The van der Waals surface area contributed by atoms with Gasteiger partial charge in [-0.1, -0.05) is 0 Å². The zero-order chi connectivity index (χ0) is 10.4. The fraction of sp³-hybridized carbons (Fsp3) is 0.300. The molecule has 0 atom stereocenters. The molecular formula is C10H11N2O2+. The van der Waals surface area contributed by atoms with Crippen molar-refractivity contribution in [3.63, 3.8) is 0 Å². The number of aromatic nitrogens is 1. The van der Waals surface area contributed by atoms with Crippen molar-refractivity contribution in [3.05, 3.63) is 30.1 Å². The molecule has 0 aliphatic heterocycles. The van der Waals surface area contributed by atoms with Gasteiger partial charge in [-0.15, -0.1) is 0 Å². The predicted molar refractivity (Wildman–Crippen MR) is 48.2 cm³/mol. The van der Waals surface area contributed by atoms with Crippen molar-refractivity contribution in [1.82, 2.24) is 0 Å². The molecule has 0 aromatic carbocycles. The maximum Gasteiger partial charge on any atom is 0.343 e. The van der Waals surface area contributed by atoms with Crippen molar-refractivity contribution in [2.45, 2.75) is 13.0 Å². The number of esters is 1. The van der Waals surface area contributed by atoms with Gasteiger partial charge in [0.25, 0.3) is 0 Å². The van der Waals surface area contributed by atoms with Gasteiger partial charge in [0.2, 0.25) is 0 Å². The van der Waals surface area contributed by atoms with Crippen molar-refractivity contribution in [3.8, 4) is 6.07 Å². The van der Waals surface area contributed by atoms with Crippen molar-refractivity contribution in [1.29, 1.82) is 5.26 Å². The molecule has 0 aliphatic rings. The van der Waals surface area contributed by atoms with Crippen molar-refractivity contribution in [2.75, 3.05) is 7.11 Å². The van der Waals surface area contributed by atoms with E-state index < -0.39 is 0 Å². The molecule has 0 spiro atoms. The molecule has 1 aromatic rings. The lowest BCUT2D eigenvalue weighted by Crippen LogP contribution is -2.33. The van der Waals surface area contributed by atoms with Crippen LogP contribution in [0, 0.1) is 11.3 Å². The molecule has 4 heteroatoms. The van der Waals surface area contributed by atoms with Crippen LogP contribution in [0.1, 0.15) is 16.8 Å². The lowest BCUT2D eigenvalue weighted by molar-refractivity contribution is -0.696. The summed E-state index contributed by atoms with van der Waals surface area (Å²) >= 11 is 0. The first-order chi connectivity index (χ1) is 6.77. The second-order valence-corrected chi connectivity index (χ2v) is 2.73. The number of aryl methyl sites for hydroxylation is 1. The van der Waals surface area contributed by atoms with Gasteiger partial charge < -0.3 is 4.74 Å². The molecule has 4 nitrogen and oxygen atoms in total. The van der Waals surface area contributed by atoms with Gasteiger partial charge in [0.1, 0.15) is 5.56 Å². The number of ether oxygens (including phenoxy) is 1. The van der Waals surface area contributed by atoms with Crippen LogP contribution in [0.5, 0.6) is 0 Å². The summed E-state index contributed by atoms with van der Waals surface area (Å²) in [6.45, 7) is 0.585. The third-order valence-electron chi connectivity index (χ3n) is 1.76. The molecule has 0 saturated heterocycles. The van der Waals surface area contributed by atoms with Crippen LogP contribution in [-0.4, -0.2) is 13.1 Å². The molecule has 0 N–H and O–H groups in total. The van der Waals surface area contributed by atoms with E-state index in [0.29, 0.717) is 18.5 Å². The fourth-order valence-corrected chi connectivity index (χ4v) is 1.08. The van der Waals surface area contributed by atoms with Crippen LogP contribution in [0.4, 0.5) is 0 Å². The van der Waals surface area contributed by atoms with Gasteiger partial charge in [-0.2, -0.15) is 5.26 Å². The van der Waals surface area contributed by atoms with E-state index in [1.54, 1.807) is 22.9 Å². The molecule has 0 unspecified atom stereocenters. The van der Waals surface area contributed by atoms with Gasteiger partial charge >= 0.3 is 5.97 Å². The van der Waals surface area contributed by atoms with Crippen molar-refractivity contribution in [2.24, 2.45) is 0 Å². The highest BCUT2D eigenvalue weighted by Gasteiger charge is 2.09. The van der Waals surface area contributed by atoms with Crippen LogP contribution in [-0.2, 0) is 11.3 Å². The summed E-state index contributed by atoms with van der Waals surface area (Å²) in [5.74, 6) is -0.365. The van der Waals surface area contributed by atoms with Crippen LogP contribution in [0.3, 0.4) is 0 Å². The van der Waals surface area contributed by atoms with Gasteiger partial charge in [-0.05, 0) is 6.07 Å². The first-order valence-corrected chi connectivity index (χ1v) is 4.22. The Balaban J connectivity index is 2.79. The summed E-state index contributed by atoms with van der Waals surface area (Å²) in [5.41, 5.74) is 0.493. The highest BCUT2D eigenvalue weighted by atomic mass is 16.5. The standard InChI is InChI=1S/C10H11N2O2/c1-14-10(13)9-4-2-6-12(8-9)7-3-5-11/h2,4,6,8H,3,7H2,1H3/q+1. The Labute approximate surface area is 82.4 Å². The number of methoxy groups -OCH3 is 1. The van der Waals surface area contributed by atoms with E-state index in [0.717, 1.165) is 0 Å². The molecule has 0 radical (unpaired) electrons. The van der Waals surface area contributed by atoms with Crippen LogP contribution < -0.4 is 4.57 Å². The van der Waals surface area contributed by atoms with E-state index in [-0.39, 0.29) is 5.97 Å². The number of hydrogen-bond donors (Lipinski definition) is 0. The Morgan fingerprint density at radius 2 is 2.50 bits per heavy atom. The molecule has 0 bridgehead atoms. The second-order valence-electron chi connectivity index (χ2n) is 2.73. The Morgan fingerprint density at radius 3 is 3.14 bits per heavy atom. The van der Waals surface area contributed by atoms with Crippen molar-refractivity contribution < 1.29 is 14.1 Å². The molecule has 0 saturated carbocycles. The first-order valence-electron chi connectivity index (χ1n) is 4.22. The van der Waals surface area contributed by atoms with Crippen molar-refractivity contribution >= 4 is 5.97 Å². The topological polar surface area (TPSA) is 54.0 Å². The normalized spacial score (nSPS) is 9.14. The van der Waals surface area contributed by atoms with Crippen LogP contribution in [0.25, 0.3) is 0 Å². The van der Waals surface area contributed by atoms with Crippen LogP contribution in [0.15, 0.2) is 24.5 Å². The Bertz CT molecular complexity index is 369. The SMILES string of the molecule is COC(=O)c1ccc[n+](CCC#N)c1. The quantitative estimate of drug-likeness (QED) is 0.521. The first kappa shape index (κ1) is 10.2. The average Bonchev–Trinajstić information content (AvgIpc) is 2.25.